The average molecular weight is 257 g/mol. The van der Waals surface area contributed by atoms with E-state index >= 15 is 0 Å². The van der Waals surface area contributed by atoms with Crippen LogP contribution in [0.25, 0.3) is 0 Å². The van der Waals surface area contributed by atoms with Crippen molar-refractivity contribution in [2.75, 3.05) is 31.2 Å². The summed E-state index contributed by atoms with van der Waals surface area (Å²) in [5, 5.41) is 6.61. The molecule has 1 amide bonds. The van der Waals surface area contributed by atoms with Gasteiger partial charge in [0.05, 0.1) is 23.4 Å². The molecule has 0 saturated heterocycles. The molecule has 0 saturated carbocycles. The van der Waals surface area contributed by atoms with E-state index < -0.39 is 0 Å². The molecular formula is C11H19N3O2S. The molecule has 0 aliphatic heterocycles. The Morgan fingerprint density at radius 2 is 2.29 bits per heavy atom. The Bertz CT molecular complexity index is 377. The molecule has 0 atom stereocenters. The number of rotatable bonds is 6. The van der Waals surface area contributed by atoms with E-state index in [1.165, 1.54) is 11.3 Å². The van der Waals surface area contributed by atoms with Crippen LogP contribution < -0.4 is 16.4 Å². The number of ether oxygens (including phenoxy) is 1. The summed E-state index contributed by atoms with van der Waals surface area (Å²) in [6.45, 7) is 5.32. The van der Waals surface area contributed by atoms with Gasteiger partial charge in [-0.3, -0.25) is 4.79 Å². The minimum absolute atomic E-state index is 0.154. The first-order chi connectivity index (χ1) is 8.04. The lowest BCUT2D eigenvalue weighted by atomic mass is 10.4. The van der Waals surface area contributed by atoms with Crippen molar-refractivity contribution in [3.63, 3.8) is 0 Å². The number of carbonyl (C=O) groups excluding carboxylic acids is 1. The van der Waals surface area contributed by atoms with Crippen LogP contribution in [0.4, 0.5) is 10.7 Å². The normalized spacial score (nSPS) is 10.6. The summed E-state index contributed by atoms with van der Waals surface area (Å²) in [6.07, 6.45) is 0.228. The molecular weight excluding hydrogens is 238 g/mol. The maximum Gasteiger partial charge on any atom is 0.263 e. The van der Waals surface area contributed by atoms with Gasteiger partial charge in [-0.05, 0) is 19.9 Å². The van der Waals surface area contributed by atoms with E-state index in [0.717, 1.165) is 5.00 Å². The highest BCUT2D eigenvalue weighted by atomic mass is 32.1. The fraction of sp³-hybridized carbons (Fsp3) is 0.545. The van der Waals surface area contributed by atoms with Crippen LogP contribution in [0.5, 0.6) is 0 Å². The first kappa shape index (κ1) is 13.8. The average Bonchev–Trinajstić information content (AvgIpc) is 2.65. The Labute approximate surface area is 105 Å². The number of hydrogen-bond donors (Lipinski definition) is 3. The fourth-order valence-electron chi connectivity index (χ4n) is 1.25. The van der Waals surface area contributed by atoms with Crippen LogP contribution in [0.1, 0.15) is 23.5 Å². The summed E-state index contributed by atoms with van der Waals surface area (Å²) in [6, 6.07) is 1.77. The second-order valence-corrected chi connectivity index (χ2v) is 4.87. The van der Waals surface area contributed by atoms with E-state index in [4.69, 9.17) is 10.5 Å². The van der Waals surface area contributed by atoms with Crippen molar-refractivity contribution >= 4 is 27.9 Å². The third-order valence-electron chi connectivity index (χ3n) is 2.05. The molecule has 1 aromatic rings. The zero-order valence-corrected chi connectivity index (χ0v) is 11.2. The molecule has 6 heteroatoms. The van der Waals surface area contributed by atoms with E-state index in [1.54, 1.807) is 13.1 Å². The maximum absolute atomic E-state index is 11.4. The van der Waals surface area contributed by atoms with E-state index in [-0.39, 0.29) is 12.0 Å². The van der Waals surface area contributed by atoms with Gasteiger partial charge in [0.15, 0.2) is 0 Å². The molecule has 0 fully saturated rings. The molecule has 1 rings (SSSR count). The first-order valence-electron chi connectivity index (χ1n) is 5.51. The summed E-state index contributed by atoms with van der Waals surface area (Å²) in [7, 11) is 1.59. The van der Waals surface area contributed by atoms with Crippen LogP contribution in [0.2, 0.25) is 0 Å². The predicted octanol–water partition coefficient (Wildman–Crippen LogP) is 1.53. The van der Waals surface area contributed by atoms with Crippen molar-refractivity contribution in [1.82, 2.24) is 5.32 Å². The van der Waals surface area contributed by atoms with Crippen LogP contribution in [0.15, 0.2) is 6.07 Å². The molecule has 4 N–H and O–H groups in total. The number of anilines is 2. The summed E-state index contributed by atoms with van der Waals surface area (Å²) in [5.41, 5.74) is 6.25. The summed E-state index contributed by atoms with van der Waals surface area (Å²) < 4.78 is 5.40. The second kappa shape index (κ2) is 6.46. The standard InChI is InChI=1S/C11H19N3O2S/c1-7(2)16-5-4-14-9-6-8(12)10(17-9)11(15)13-3/h6-7,14H,4-5,12H2,1-3H3,(H,13,15). The largest absolute Gasteiger partial charge is 0.397 e. The maximum atomic E-state index is 11.4. The smallest absolute Gasteiger partial charge is 0.263 e. The van der Waals surface area contributed by atoms with Crippen molar-refractivity contribution in [3.8, 4) is 0 Å². The lowest BCUT2D eigenvalue weighted by molar-refractivity contribution is 0.0871. The monoisotopic (exact) mass is 257 g/mol. The number of thiophene rings is 1. The van der Waals surface area contributed by atoms with Crippen LogP contribution in [0.3, 0.4) is 0 Å². The van der Waals surface area contributed by atoms with E-state index in [2.05, 4.69) is 10.6 Å². The van der Waals surface area contributed by atoms with Gasteiger partial charge in [0.1, 0.15) is 4.88 Å². The number of carbonyl (C=O) groups is 1. The quantitative estimate of drug-likeness (QED) is 0.675. The Morgan fingerprint density at radius 3 is 2.88 bits per heavy atom. The minimum atomic E-state index is -0.154. The molecule has 0 aliphatic rings. The van der Waals surface area contributed by atoms with Gasteiger partial charge < -0.3 is 21.1 Å². The number of nitrogen functional groups attached to an aromatic ring is 1. The highest BCUT2D eigenvalue weighted by Gasteiger charge is 2.12. The molecule has 96 valence electrons. The molecule has 0 unspecified atom stereocenters. The molecule has 0 bridgehead atoms. The molecule has 0 spiro atoms. The third kappa shape index (κ3) is 4.24. The lowest BCUT2D eigenvalue weighted by Crippen LogP contribution is -2.17. The molecule has 1 heterocycles. The van der Waals surface area contributed by atoms with Crippen molar-refractivity contribution < 1.29 is 9.53 Å². The van der Waals surface area contributed by atoms with Crippen LogP contribution >= 0.6 is 11.3 Å². The molecule has 17 heavy (non-hydrogen) atoms. The zero-order chi connectivity index (χ0) is 12.8. The second-order valence-electron chi connectivity index (χ2n) is 3.82. The van der Waals surface area contributed by atoms with Crippen molar-refractivity contribution in [1.29, 1.82) is 0 Å². The summed E-state index contributed by atoms with van der Waals surface area (Å²) >= 11 is 1.35. The number of nitrogens with one attached hydrogen (secondary N) is 2. The number of nitrogens with two attached hydrogens (primary N) is 1. The topological polar surface area (TPSA) is 76.4 Å². The summed E-state index contributed by atoms with van der Waals surface area (Å²) in [4.78, 5) is 12.0. The Morgan fingerprint density at radius 1 is 1.59 bits per heavy atom. The van der Waals surface area contributed by atoms with Gasteiger partial charge in [-0.1, -0.05) is 0 Å². The summed E-state index contributed by atoms with van der Waals surface area (Å²) in [5.74, 6) is -0.154. The molecule has 0 aliphatic carbocycles. The Balaban J connectivity index is 2.47. The van der Waals surface area contributed by atoms with Crippen molar-refractivity contribution in [2.24, 2.45) is 0 Å². The first-order valence-corrected chi connectivity index (χ1v) is 6.33. The van der Waals surface area contributed by atoms with E-state index in [1.807, 2.05) is 13.8 Å². The van der Waals surface area contributed by atoms with Gasteiger partial charge in [0.2, 0.25) is 0 Å². The lowest BCUT2D eigenvalue weighted by Gasteiger charge is -2.07. The minimum Gasteiger partial charge on any atom is -0.397 e. The Kier molecular flexibility index (Phi) is 5.24. The van der Waals surface area contributed by atoms with Gasteiger partial charge in [-0.15, -0.1) is 11.3 Å². The van der Waals surface area contributed by atoms with E-state index in [0.29, 0.717) is 23.7 Å². The van der Waals surface area contributed by atoms with Crippen LogP contribution in [0, 0.1) is 0 Å². The van der Waals surface area contributed by atoms with E-state index in [9.17, 15) is 4.79 Å². The highest BCUT2D eigenvalue weighted by Crippen LogP contribution is 2.28. The molecule has 5 nitrogen and oxygen atoms in total. The Hall–Kier alpha value is -1.27. The van der Waals surface area contributed by atoms with Crippen LogP contribution in [-0.4, -0.2) is 32.2 Å². The van der Waals surface area contributed by atoms with Crippen LogP contribution in [-0.2, 0) is 4.74 Å². The third-order valence-corrected chi connectivity index (χ3v) is 3.15. The molecule has 0 radical (unpaired) electrons. The molecule has 0 aromatic carbocycles. The van der Waals surface area contributed by atoms with Gasteiger partial charge >= 0.3 is 0 Å². The van der Waals surface area contributed by atoms with Gasteiger partial charge in [-0.2, -0.15) is 0 Å². The molecule has 1 aromatic heterocycles. The SMILES string of the molecule is CNC(=O)c1sc(NCCOC(C)C)cc1N. The van der Waals surface area contributed by atoms with Gasteiger partial charge in [0.25, 0.3) is 5.91 Å². The van der Waals surface area contributed by atoms with Crippen molar-refractivity contribution in [2.45, 2.75) is 20.0 Å². The zero-order valence-electron chi connectivity index (χ0n) is 10.4. The number of amides is 1. The fourth-order valence-corrected chi connectivity index (χ4v) is 2.20. The van der Waals surface area contributed by atoms with Gasteiger partial charge in [-0.25, -0.2) is 0 Å². The number of hydrogen-bond acceptors (Lipinski definition) is 5. The highest BCUT2D eigenvalue weighted by molar-refractivity contribution is 7.18. The van der Waals surface area contributed by atoms with Crippen molar-refractivity contribution in [3.05, 3.63) is 10.9 Å². The predicted molar refractivity (Wildman–Crippen MR) is 71.7 cm³/mol. The van der Waals surface area contributed by atoms with Gasteiger partial charge in [0, 0.05) is 13.6 Å².